The number of terminal acetylenes is 1. The molecule has 0 heterocycles. The Balaban J connectivity index is 2.21. The summed E-state index contributed by atoms with van der Waals surface area (Å²) in [6.07, 6.45) is 7.61. The van der Waals surface area contributed by atoms with E-state index >= 15 is 0 Å². The predicted octanol–water partition coefficient (Wildman–Crippen LogP) is 2.62. The molecule has 0 fully saturated rings. The van der Waals surface area contributed by atoms with Gasteiger partial charge < -0.3 is 5.32 Å². The second-order valence-electron chi connectivity index (χ2n) is 4.29. The van der Waals surface area contributed by atoms with Gasteiger partial charge in [0.1, 0.15) is 0 Å². The summed E-state index contributed by atoms with van der Waals surface area (Å²) in [6.45, 7) is 5.01. The average Bonchev–Trinajstić information content (AvgIpc) is 2.26. The van der Waals surface area contributed by atoms with Crippen molar-refractivity contribution in [3.05, 3.63) is 35.9 Å². The molecule has 0 bridgehead atoms. The Bertz CT molecular complexity index is 319. The number of rotatable bonds is 5. The SMILES string of the molecule is C#CC(C)(C)NCCCc1ccccc1. The van der Waals surface area contributed by atoms with Crippen LogP contribution in [0.2, 0.25) is 0 Å². The molecule has 0 unspecified atom stereocenters. The van der Waals surface area contributed by atoms with E-state index in [4.69, 9.17) is 6.42 Å². The van der Waals surface area contributed by atoms with Gasteiger partial charge >= 0.3 is 0 Å². The molecule has 0 saturated heterocycles. The van der Waals surface area contributed by atoms with Crippen molar-refractivity contribution < 1.29 is 0 Å². The van der Waals surface area contributed by atoms with Crippen molar-refractivity contribution >= 4 is 0 Å². The fourth-order valence-electron chi connectivity index (χ4n) is 1.39. The summed E-state index contributed by atoms with van der Waals surface area (Å²) in [6, 6.07) is 10.5. The second-order valence-corrected chi connectivity index (χ2v) is 4.29. The van der Waals surface area contributed by atoms with E-state index < -0.39 is 0 Å². The smallest absolute Gasteiger partial charge is 0.0741 e. The molecule has 0 saturated carbocycles. The molecular formula is C14H19N. The van der Waals surface area contributed by atoms with Crippen LogP contribution in [0.5, 0.6) is 0 Å². The van der Waals surface area contributed by atoms with E-state index in [9.17, 15) is 0 Å². The Morgan fingerprint density at radius 3 is 2.53 bits per heavy atom. The molecule has 1 N–H and O–H groups in total. The fourth-order valence-corrected chi connectivity index (χ4v) is 1.39. The third-order valence-corrected chi connectivity index (χ3v) is 2.41. The molecule has 0 aliphatic rings. The van der Waals surface area contributed by atoms with Crippen molar-refractivity contribution in [3.8, 4) is 12.3 Å². The minimum Gasteiger partial charge on any atom is -0.302 e. The molecule has 0 aromatic heterocycles. The molecule has 15 heavy (non-hydrogen) atoms. The third kappa shape index (κ3) is 4.67. The maximum atomic E-state index is 5.39. The fraction of sp³-hybridized carbons (Fsp3) is 0.429. The first-order chi connectivity index (χ1) is 7.14. The normalized spacial score (nSPS) is 11.0. The van der Waals surface area contributed by atoms with Crippen LogP contribution in [0.25, 0.3) is 0 Å². The molecule has 1 aromatic rings. The predicted molar refractivity (Wildman–Crippen MR) is 65.7 cm³/mol. The number of nitrogens with one attached hydrogen (secondary N) is 1. The van der Waals surface area contributed by atoms with Gasteiger partial charge in [-0.1, -0.05) is 36.3 Å². The van der Waals surface area contributed by atoms with Gasteiger partial charge in [-0.15, -0.1) is 6.42 Å². The van der Waals surface area contributed by atoms with Crippen molar-refractivity contribution in [1.29, 1.82) is 0 Å². The van der Waals surface area contributed by atoms with Crippen molar-refractivity contribution in [3.63, 3.8) is 0 Å². The Hall–Kier alpha value is -1.26. The highest BCUT2D eigenvalue weighted by atomic mass is 14.9. The van der Waals surface area contributed by atoms with Crippen LogP contribution >= 0.6 is 0 Å². The van der Waals surface area contributed by atoms with E-state index in [2.05, 4.69) is 35.5 Å². The Morgan fingerprint density at radius 2 is 1.93 bits per heavy atom. The Kier molecular flexibility index (Phi) is 4.39. The standard InChI is InChI=1S/C14H19N/c1-4-14(2,3)15-12-8-11-13-9-6-5-7-10-13/h1,5-7,9-10,15H,8,11-12H2,2-3H3. The zero-order valence-electron chi connectivity index (χ0n) is 9.59. The van der Waals surface area contributed by atoms with Crippen LogP contribution < -0.4 is 5.32 Å². The Morgan fingerprint density at radius 1 is 1.27 bits per heavy atom. The lowest BCUT2D eigenvalue weighted by Gasteiger charge is -2.19. The van der Waals surface area contributed by atoms with Gasteiger partial charge in [0.15, 0.2) is 0 Å². The van der Waals surface area contributed by atoms with Gasteiger partial charge in [0.05, 0.1) is 5.54 Å². The molecule has 0 atom stereocenters. The quantitative estimate of drug-likeness (QED) is 0.570. The van der Waals surface area contributed by atoms with E-state index in [1.807, 2.05) is 19.9 Å². The van der Waals surface area contributed by atoms with Crippen molar-refractivity contribution in [1.82, 2.24) is 5.32 Å². The van der Waals surface area contributed by atoms with Crippen LogP contribution in [0, 0.1) is 12.3 Å². The monoisotopic (exact) mass is 201 g/mol. The summed E-state index contributed by atoms with van der Waals surface area (Å²) >= 11 is 0. The van der Waals surface area contributed by atoms with Crippen LogP contribution in [-0.2, 0) is 6.42 Å². The molecule has 0 spiro atoms. The topological polar surface area (TPSA) is 12.0 Å². The number of hydrogen-bond acceptors (Lipinski definition) is 1. The average molecular weight is 201 g/mol. The molecule has 0 radical (unpaired) electrons. The molecule has 0 aliphatic carbocycles. The molecular weight excluding hydrogens is 182 g/mol. The van der Waals surface area contributed by atoms with Gasteiger partial charge in [0, 0.05) is 0 Å². The van der Waals surface area contributed by atoms with E-state index in [-0.39, 0.29) is 5.54 Å². The van der Waals surface area contributed by atoms with Crippen molar-refractivity contribution in [2.75, 3.05) is 6.54 Å². The highest BCUT2D eigenvalue weighted by molar-refractivity contribution is 5.14. The van der Waals surface area contributed by atoms with Gasteiger partial charge in [-0.05, 0) is 38.8 Å². The molecule has 1 aromatic carbocycles. The maximum Gasteiger partial charge on any atom is 0.0741 e. The lowest BCUT2D eigenvalue weighted by Crippen LogP contribution is -2.38. The minimum atomic E-state index is -0.184. The van der Waals surface area contributed by atoms with Crippen LogP contribution in [0.3, 0.4) is 0 Å². The van der Waals surface area contributed by atoms with E-state index in [0.717, 1.165) is 19.4 Å². The lowest BCUT2D eigenvalue weighted by molar-refractivity contribution is 0.484. The van der Waals surface area contributed by atoms with Crippen molar-refractivity contribution in [2.24, 2.45) is 0 Å². The minimum absolute atomic E-state index is 0.184. The number of hydrogen-bond donors (Lipinski definition) is 1. The first-order valence-electron chi connectivity index (χ1n) is 5.41. The summed E-state index contributed by atoms with van der Waals surface area (Å²) in [5, 5.41) is 3.34. The molecule has 1 nitrogen and oxygen atoms in total. The van der Waals surface area contributed by atoms with Gasteiger partial charge in [-0.3, -0.25) is 0 Å². The van der Waals surface area contributed by atoms with Crippen LogP contribution in [-0.4, -0.2) is 12.1 Å². The van der Waals surface area contributed by atoms with Gasteiger partial charge in [-0.2, -0.15) is 0 Å². The molecule has 0 amide bonds. The third-order valence-electron chi connectivity index (χ3n) is 2.41. The van der Waals surface area contributed by atoms with Gasteiger partial charge in [-0.25, -0.2) is 0 Å². The first-order valence-corrected chi connectivity index (χ1v) is 5.41. The zero-order chi connectivity index (χ0) is 11.1. The van der Waals surface area contributed by atoms with E-state index in [1.54, 1.807) is 0 Å². The Labute approximate surface area is 92.9 Å². The van der Waals surface area contributed by atoms with Crippen LogP contribution in [0.15, 0.2) is 30.3 Å². The second kappa shape index (κ2) is 5.58. The van der Waals surface area contributed by atoms with E-state index in [0.29, 0.717) is 0 Å². The van der Waals surface area contributed by atoms with Crippen LogP contribution in [0.4, 0.5) is 0 Å². The molecule has 0 aliphatic heterocycles. The first kappa shape index (κ1) is 11.8. The maximum absolute atomic E-state index is 5.39. The summed E-state index contributed by atoms with van der Waals surface area (Å²) in [4.78, 5) is 0. The van der Waals surface area contributed by atoms with E-state index in [1.165, 1.54) is 5.56 Å². The number of benzene rings is 1. The van der Waals surface area contributed by atoms with Crippen molar-refractivity contribution in [2.45, 2.75) is 32.2 Å². The van der Waals surface area contributed by atoms with Gasteiger partial charge in [0.25, 0.3) is 0 Å². The largest absolute Gasteiger partial charge is 0.302 e. The van der Waals surface area contributed by atoms with Gasteiger partial charge in [0.2, 0.25) is 0 Å². The van der Waals surface area contributed by atoms with Crippen LogP contribution in [0.1, 0.15) is 25.8 Å². The summed E-state index contributed by atoms with van der Waals surface area (Å²) in [5.74, 6) is 2.73. The highest BCUT2D eigenvalue weighted by Gasteiger charge is 2.10. The molecule has 80 valence electrons. The lowest BCUT2D eigenvalue weighted by atomic mass is 10.1. The summed E-state index contributed by atoms with van der Waals surface area (Å²) in [5.41, 5.74) is 1.20. The molecule has 1 rings (SSSR count). The summed E-state index contributed by atoms with van der Waals surface area (Å²) in [7, 11) is 0. The highest BCUT2D eigenvalue weighted by Crippen LogP contribution is 2.03. The number of aryl methyl sites for hydroxylation is 1. The summed E-state index contributed by atoms with van der Waals surface area (Å²) < 4.78 is 0. The molecule has 1 heteroatoms. The zero-order valence-corrected chi connectivity index (χ0v) is 9.59.